The fraction of sp³-hybridized carbons (Fsp3) is 0.700. The first-order chi connectivity index (χ1) is 6.27. The van der Waals surface area contributed by atoms with Gasteiger partial charge in [-0.3, -0.25) is 0 Å². The van der Waals surface area contributed by atoms with Crippen molar-refractivity contribution in [1.82, 2.24) is 9.55 Å². The van der Waals surface area contributed by atoms with Crippen LogP contribution >= 0.6 is 0 Å². The summed E-state index contributed by atoms with van der Waals surface area (Å²) >= 11 is 0. The van der Waals surface area contributed by atoms with Crippen molar-refractivity contribution in [2.45, 2.75) is 31.8 Å². The molecule has 0 saturated heterocycles. The molecule has 72 valence electrons. The first-order valence-corrected chi connectivity index (χ1v) is 4.91. The second kappa shape index (κ2) is 3.50. The molecule has 1 saturated carbocycles. The van der Waals surface area contributed by atoms with Crippen LogP contribution in [0.5, 0.6) is 0 Å². The highest BCUT2D eigenvalue weighted by molar-refractivity contribution is 4.95. The van der Waals surface area contributed by atoms with E-state index >= 15 is 0 Å². The molecule has 3 nitrogen and oxygen atoms in total. The number of aliphatic hydroxyl groups excluding tert-OH is 1. The first kappa shape index (κ1) is 8.75. The molecular formula is C10H16N2O. The van der Waals surface area contributed by atoms with Gasteiger partial charge in [0.05, 0.1) is 6.10 Å². The molecule has 3 heteroatoms. The molecule has 2 rings (SSSR count). The predicted octanol–water partition coefficient (Wildman–Crippen LogP) is 1.12. The van der Waals surface area contributed by atoms with E-state index in [2.05, 4.69) is 4.98 Å². The number of aromatic nitrogens is 2. The van der Waals surface area contributed by atoms with Crippen LogP contribution in [-0.2, 0) is 13.5 Å². The van der Waals surface area contributed by atoms with Crippen LogP contribution in [-0.4, -0.2) is 20.8 Å². The smallest absolute Gasteiger partial charge is 0.108 e. The summed E-state index contributed by atoms with van der Waals surface area (Å²) in [6.45, 7) is 0. The van der Waals surface area contributed by atoms with Gasteiger partial charge in [0.15, 0.2) is 0 Å². The number of rotatable bonds is 2. The van der Waals surface area contributed by atoms with E-state index in [0.717, 1.165) is 31.5 Å². The van der Waals surface area contributed by atoms with Crippen LogP contribution in [0.25, 0.3) is 0 Å². The van der Waals surface area contributed by atoms with E-state index in [1.54, 1.807) is 0 Å². The monoisotopic (exact) mass is 180 g/mol. The Labute approximate surface area is 78.4 Å². The second-order valence-corrected chi connectivity index (χ2v) is 3.92. The maximum absolute atomic E-state index is 9.64. The third-order valence-corrected chi connectivity index (χ3v) is 2.98. The summed E-state index contributed by atoms with van der Waals surface area (Å²) in [6.07, 6.45) is 7.87. The van der Waals surface area contributed by atoms with Crippen molar-refractivity contribution < 1.29 is 5.11 Å². The summed E-state index contributed by atoms with van der Waals surface area (Å²) in [6, 6.07) is 0. The van der Waals surface area contributed by atoms with E-state index in [4.69, 9.17) is 0 Å². The topological polar surface area (TPSA) is 38.0 Å². The molecule has 13 heavy (non-hydrogen) atoms. The molecule has 0 aliphatic heterocycles. The summed E-state index contributed by atoms with van der Waals surface area (Å²) in [4.78, 5) is 4.27. The number of aliphatic hydroxyl groups is 1. The van der Waals surface area contributed by atoms with Gasteiger partial charge < -0.3 is 9.67 Å². The highest BCUT2D eigenvalue weighted by Crippen LogP contribution is 2.27. The van der Waals surface area contributed by atoms with Crippen molar-refractivity contribution in [3.8, 4) is 0 Å². The van der Waals surface area contributed by atoms with E-state index < -0.39 is 0 Å². The van der Waals surface area contributed by atoms with Gasteiger partial charge in [0.25, 0.3) is 0 Å². The fourth-order valence-corrected chi connectivity index (χ4v) is 2.08. The summed E-state index contributed by atoms with van der Waals surface area (Å²) in [5.41, 5.74) is 0. The summed E-state index contributed by atoms with van der Waals surface area (Å²) in [5.74, 6) is 1.52. The molecule has 0 spiro atoms. The van der Waals surface area contributed by atoms with Gasteiger partial charge in [0.1, 0.15) is 5.82 Å². The minimum atomic E-state index is -0.100. The first-order valence-electron chi connectivity index (χ1n) is 4.91. The summed E-state index contributed by atoms with van der Waals surface area (Å²) < 4.78 is 2.03. The molecule has 0 amide bonds. The number of imidazole rings is 1. The van der Waals surface area contributed by atoms with Crippen molar-refractivity contribution in [3.63, 3.8) is 0 Å². The highest BCUT2D eigenvalue weighted by atomic mass is 16.3. The lowest BCUT2D eigenvalue weighted by molar-refractivity contribution is 0.131. The average Bonchev–Trinajstić information content (AvgIpc) is 2.65. The summed E-state index contributed by atoms with van der Waals surface area (Å²) in [5, 5.41) is 9.64. The van der Waals surface area contributed by atoms with Gasteiger partial charge in [-0.05, 0) is 18.8 Å². The Balaban J connectivity index is 2.01. The maximum Gasteiger partial charge on any atom is 0.108 e. The molecule has 2 unspecified atom stereocenters. The molecule has 2 atom stereocenters. The molecule has 1 heterocycles. The van der Waals surface area contributed by atoms with Gasteiger partial charge in [0.2, 0.25) is 0 Å². The van der Waals surface area contributed by atoms with Crippen LogP contribution < -0.4 is 0 Å². The lowest BCUT2D eigenvalue weighted by atomic mass is 10.0. The molecule has 1 aliphatic carbocycles. The van der Waals surface area contributed by atoms with E-state index in [-0.39, 0.29) is 6.10 Å². The largest absolute Gasteiger partial charge is 0.393 e. The second-order valence-electron chi connectivity index (χ2n) is 3.92. The van der Waals surface area contributed by atoms with Gasteiger partial charge in [-0.15, -0.1) is 0 Å². The van der Waals surface area contributed by atoms with Crippen molar-refractivity contribution in [1.29, 1.82) is 0 Å². The lowest BCUT2D eigenvalue weighted by Crippen LogP contribution is -2.17. The molecule has 1 aliphatic rings. The van der Waals surface area contributed by atoms with Crippen molar-refractivity contribution in [2.75, 3.05) is 0 Å². The zero-order valence-corrected chi connectivity index (χ0v) is 7.98. The fourth-order valence-electron chi connectivity index (χ4n) is 2.08. The zero-order chi connectivity index (χ0) is 9.26. The van der Waals surface area contributed by atoms with Gasteiger partial charge >= 0.3 is 0 Å². The molecule has 1 N–H and O–H groups in total. The number of aryl methyl sites for hydroxylation is 1. The average molecular weight is 180 g/mol. The number of hydrogen-bond acceptors (Lipinski definition) is 2. The van der Waals surface area contributed by atoms with Crippen LogP contribution in [0.2, 0.25) is 0 Å². The third-order valence-electron chi connectivity index (χ3n) is 2.98. The number of hydrogen-bond donors (Lipinski definition) is 1. The van der Waals surface area contributed by atoms with Gasteiger partial charge in [-0.1, -0.05) is 6.42 Å². The van der Waals surface area contributed by atoms with E-state index in [0.29, 0.717) is 5.92 Å². The van der Waals surface area contributed by atoms with Crippen LogP contribution in [0.15, 0.2) is 12.4 Å². The van der Waals surface area contributed by atoms with Crippen molar-refractivity contribution >= 4 is 0 Å². The molecule has 1 aromatic rings. The third kappa shape index (κ3) is 1.75. The quantitative estimate of drug-likeness (QED) is 0.740. The van der Waals surface area contributed by atoms with Crippen molar-refractivity contribution in [3.05, 3.63) is 18.2 Å². The minimum absolute atomic E-state index is 0.100. The molecule has 0 bridgehead atoms. The maximum atomic E-state index is 9.64. The Kier molecular flexibility index (Phi) is 2.36. The summed E-state index contributed by atoms with van der Waals surface area (Å²) in [7, 11) is 2.00. The van der Waals surface area contributed by atoms with Crippen LogP contribution in [0, 0.1) is 5.92 Å². The molecule has 0 radical (unpaired) electrons. The van der Waals surface area contributed by atoms with Crippen LogP contribution in [0.4, 0.5) is 0 Å². The molecule has 1 aromatic heterocycles. The Morgan fingerprint density at radius 1 is 1.62 bits per heavy atom. The normalized spacial score (nSPS) is 28.2. The van der Waals surface area contributed by atoms with E-state index in [1.165, 1.54) is 0 Å². The van der Waals surface area contributed by atoms with Crippen LogP contribution in [0.1, 0.15) is 25.1 Å². The van der Waals surface area contributed by atoms with Crippen molar-refractivity contribution in [2.24, 2.45) is 13.0 Å². The Morgan fingerprint density at radius 3 is 3.00 bits per heavy atom. The van der Waals surface area contributed by atoms with Gasteiger partial charge in [-0.2, -0.15) is 0 Å². The standard InChI is InChI=1S/C10H16N2O/c1-12-6-5-11-10(12)7-8-3-2-4-9(8)13/h5-6,8-9,13H,2-4,7H2,1H3. The van der Waals surface area contributed by atoms with Gasteiger partial charge in [0, 0.05) is 25.9 Å². The van der Waals surface area contributed by atoms with Gasteiger partial charge in [-0.25, -0.2) is 4.98 Å². The zero-order valence-electron chi connectivity index (χ0n) is 7.98. The minimum Gasteiger partial charge on any atom is -0.393 e. The highest BCUT2D eigenvalue weighted by Gasteiger charge is 2.26. The molecular weight excluding hydrogens is 164 g/mol. The molecule has 1 fully saturated rings. The Bertz CT molecular complexity index is 282. The molecule has 0 aromatic carbocycles. The van der Waals surface area contributed by atoms with E-state index in [9.17, 15) is 5.11 Å². The van der Waals surface area contributed by atoms with Crippen LogP contribution in [0.3, 0.4) is 0 Å². The predicted molar refractivity (Wildman–Crippen MR) is 50.3 cm³/mol. The Morgan fingerprint density at radius 2 is 2.46 bits per heavy atom. The Hall–Kier alpha value is -0.830. The van der Waals surface area contributed by atoms with E-state index in [1.807, 2.05) is 24.0 Å². The SMILES string of the molecule is Cn1ccnc1CC1CCCC1O. The lowest BCUT2D eigenvalue weighted by Gasteiger charge is -2.13. The number of nitrogens with zero attached hydrogens (tertiary/aromatic N) is 2.